The molecule has 186 valence electrons. The topological polar surface area (TPSA) is 111 Å². The molecule has 0 aliphatic heterocycles. The Bertz CT molecular complexity index is 1850. The summed E-state index contributed by atoms with van der Waals surface area (Å²) in [5.41, 5.74) is -1.06. The number of nitrogens with zero attached hydrogens (tertiary/aromatic N) is 4. The zero-order valence-corrected chi connectivity index (χ0v) is 19.3. The number of hydrogen-bond donors (Lipinski definition) is 1. The Balaban J connectivity index is 1.76. The number of para-hydroxylation sites is 1. The van der Waals surface area contributed by atoms with E-state index in [9.17, 15) is 18.0 Å². The average Bonchev–Trinajstić information content (AvgIpc) is 3.60. The molecule has 6 rings (SSSR count). The molecular weight excluding hydrogens is 491 g/mol. The van der Waals surface area contributed by atoms with Gasteiger partial charge in [0, 0.05) is 0 Å². The number of halogens is 3. The third kappa shape index (κ3) is 3.48. The Labute approximate surface area is 205 Å². The van der Waals surface area contributed by atoms with Crippen LogP contribution in [0.1, 0.15) is 11.4 Å². The van der Waals surface area contributed by atoms with Crippen molar-refractivity contribution in [2.45, 2.75) is 13.1 Å². The van der Waals surface area contributed by atoms with Crippen LogP contribution >= 0.6 is 0 Å². The van der Waals surface area contributed by atoms with Crippen LogP contribution in [0.15, 0.2) is 68.5 Å². The van der Waals surface area contributed by atoms with Crippen LogP contribution in [-0.2, 0) is 6.18 Å². The van der Waals surface area contributed by atoms with E-state index in [4.69, 9.17) is 13.7 Å². The van der Waals surface area contributed by atoms with E-state index in [1.807, 2.05) is 0 Å². The monoisotopic (exact) mass is 507 g/mol. The molecule has 0 atom stereocenters. The number of hydrogen-bond acceptors (Lipinski definition) is 7. The molecule has 0 saturated carbocycles. The normalized spacial score (nSPS) is 12.0. The minimum atomic E-state index is -4.80. The molecule has 0 amide bonds. The number of aromatic amines is 1. The average molecular weight is 507 g/mol. The van der Waals surface area contributed by atoms with Crippen LogP contribution in [0.2, 0.25) is 0 Å². The highest BCUT2D eigenvalue weighted by atomic mass is 19.4. The smallest absolute Gasteiger partial charge is 0.433 e. The standard InChI is InChI=1S/C25H16F3N5O4/c1-12-14(11-36-32-12)19-18(23-30-20-15(35-2)9-6-10-16(20)37-23)24(34)33-22(29-19)17(13-7-4-3-5-8-13)21(31-33)25(26,27)28/h3-11,31H,1-2H3. The summed E-state index contributed by atoms with van der Waals surface area (Å²) in [5.74, 6) is 0.251. The molecule has 1 N–H and O–H groups in total. The van der Waals surface area contributed by atoms with E-state index in [0.29, 0.717) is 28.1 Å². The Kier molecular flexibility index (Phi) is 4.93. The number of nitrogens with one attached hydrogen (secondary N) is 1. The fraction of sp³-hybridized carbons (Fsp3) is 0.120. The lowest BCUT2D eigenvalue weighted by atomic mass is 10.0. The van der Waals surface area contributed by atoms with Gasteiger partial charge in [0.1, 0.15) is 23.3 Å². The van der Waals surface area contributed by atoms with E-state index in [2.05, 4.69) is 20.2 Å². The van der Waals surface area contributed by atoms with Crippen LogP contribution < -0.4 is 10.3 Å². The van der Waals surface area contributed by atoms with Gasteiger partial charge in [-0.25, -0.2) is 9.97 Å². The Morgan fingerprint density at radius 1 is 1.03 bits per heavy atom. The van der Waals surface area contributed by atoms with Gasteiger partial charge in [0.05, 0.1) is 29.6 Å². The van der Waals surface area contributed by atoms with Gasteiger partial charge in [0.2, 0.25) is 5.89 Å². The molecule has 4 aromatic heterocycles. The van der Waals surface area contributed by atoms with Crippen LogP contribution in [0.4, 0.5) is 13.2 Å². The molecule has 2 aromatic carbocycles. The van der Waals surface area contributed by atoms with E-state index in [-0.39, 0.29) is 33.9 Å². The van der Waals surface area contributed by atoms with Crippen LogP contribution in [0.5, 0.6) is 5.75 Å². The number of fused-ring (bicyclic) bond motifs is 2. The third-order valence-corrected chi connectivity index (χ3v) is 5.95. The number of ether oxygens (including phenoxy) is 1. The van der Waals surface area contributed by atoms with E-state index in [1.54, 1.807) is 43.3 Å². The minimum Gasteiger partial charge on any atom is -0.494 e. The van der Waals surface area contributed by atoms with E-state index >= 15 is 0 Å². The molecule has 12 heteroatoms. The second-order valence-corrected chi connectivity index (χ2v) is 8.16. The number of benzene rings is 2. The van der Waals surface area contributed by atoms with Crippen LogP contribution in [0.3, 0.4) is 0 Å². The van der Waals surface area contributed by atoms with Gasteiger partial charge >= 0.3 is 6.18 Å². The lowest BCUT2D eigenvalue weighted by Crippen LogP contribution is -2.19. The van der Waals surface area contributed by atoms with Crippen molar-refractivity contribution >= 4 is 16.7 Å². The number of aromatic nitrogens is 5. The second kappa shape index (κ2) is 8.08. The first kappa shape index (κ1) is 22.6. The number of H-pyrrole nitrogens is 1. The summed E-state index contributed by atoms with van der Waals surface area (Å²) < 4.78 is 59.4. The van der Waals surface area contributed by atoms with Gasteiger partial charge in [-0.3, -0.25) is 9.89 Å². The molecule has 0 aliphatic rings. The SMILES string of the molecule is COc1cccc2oc(-c3c(-c4conc4C)nc4c(-c5ccccc5)c(C(F)(F)F)[nH]n4c3=O)nc12. The van der Waals surface area contributed by atoms with Crippen molar-refractivity contribution in [1.29, 1.82) is 0 Å². The summed E-state index contributed by atoms with van der Waals surface area (Å²) >= 11 is 0. The molecule has 0 fully saturated rings. The van der Waals surface area contributed by atoms with Gasteiger partial charge in [-0.2, -0.15) is 17.7 Å². The minimum absolute atomic E-state index is 0.0131. The number of alkyl halides is 3. The quantitative estimate of drug-likeness (QED) is 0.336. The number of aryl methyl sites for hydroxylation is 1. The predicted molar refractivity (Wildman–Crippen MR) is 126 cm³/mol. The molecule has 37 heavy (non-hydrogen) atoms. The molecule has 6 aromatic rings. The highest BCUT2D eigenvalue weighted by Crippen LogP contribution is 2.40. The van der Waals surface area contributed by atoms with Gasteiger partial charge < -0.3 is 13.7 Å². The Morgan fingerprint density at radius 2 is 1.81 bits per heavy atom. The first-order valence-corrected chi connectivity index (χ1v) is 10.9. The van der Waals surface area contributed by atoms with Crippen molar-refractivity contribution in [3.8, 4) is 39.6 Å². The van der Waals surface area contributed by atoms with Crippen molar-refractivity contribution in [3.63, 3.8) is 0 Å². The Morgan fingerprint density at radius 3 is 2.49 bits per heavy atom. The summed E-state index contributed by atoms with van der Waals surface area (Å²) in [6.07, 6.45) is -3.54. The van der Waals surface area contributed by atoms with Crippen molar-refractivity contribution in [2.24, 2.45) is 0 Å². The maximum Gasteiger partial charge on any atom is 0.433 e. The second-order valence-electron chi connectivity index (χ2n) is 8.16. The number of oxazole rings is 1. The first-order valence-electron chi connectivity index (χ1n) is 10.9. The molecule has 0 bridgehead atoms. The third-order valence-electron chi connectivity index (χ3n) is 5.95. The van der Waals surface area contributed by atoms with Gasteiger partial charge in [-0.05, 0) is 24.6 Å². The summed E-state index contributed by atoms with van der Waals surface area (Å²) in [6.45, 7) is 1.62. The largest absolute Gasteiger partial charge is 0.494 e. The molecule has 0 unspecified atom stereocenters. The zero-order valence-electron chi connectivity index (χ0n) is 19.3. The predicted octanol–water partition coefficient (Wildman–Crippen LogP) is 5.49. The number of methoxy groups -OCH3 is 1. The van der Waals surface area contributed by atoms with E-state index < -0.39 is 17.4 Å². The molecule has 0 radical (unpaired) electrons. The van der Waals surface area contributed by atoms with Crippen LogP contribution in [0.25, 0.3) is 50.6 Å². The summed E-state index contributed by atoms with van der Waals surface area (Å²) in [7, 11) is 1.46. The first-order chi connectivity index (χ1) is 17.8. The van der Waals surface area contributed by atoms with Crippen molar-refractivity contribution in [2.75, 3.05) is 7.11 Å². The van der Waals surface area contributed by atoms with Gasteiger partial charge in [-0.1, -0.05) is 41.6 Å². The highest BCUT2D eigenvalue weighted by molar-refractivity contribution is 5.88. The van der Waals surface area contributed by atoms with Gasteiger partial charge in [-0.15, -0.1) is 0 Å². The van der Waals surface area contributed by atoms with Crippen molar-refractivity contribution in [3.05, 3.63) is 76.5 Å². The van der Waals surface area contributed by atoms with Gasteiger partial charge in [0.15, 0.2) is 16.7 Å². The molecule has 0 spiro atoms. The van der Waals surface area contributed by atoms with E-state index in [0.717, 1.165) is 4.52 Å². The molecular formula is C25H16F3N5O4. The molecule has 0 aliphatic carbocycles. The zero-order chi connectivity index (χ0) is 25.9. The number of rotatable bonds is 4. The Hall–Kier alpha value is -4.87. The van der Waals surface area contributed by atoms with E-state index in [1.165, 1.54) is 25.5 Å². The fourth-order valence-electron chi connectivity index (χ4n) is 4.26. The summed E-state index contributed by atoms with van der Waals surface area (Å²) in [6, 6.07) is 12.9. The van der Waals surface area contributed by atoms with Crippen LogP contribution in [0, 0.1) is 6.92 Å². The molecule has 0 saturated heterocycles. The van der Waals surface area contributed by atoms with Gasteiger partial charge in [0.25, 0.3) is 5.56 Å². The molecule has 9 nitrogen and oxygen atoms in total. The fourth-order valence-corrected chi connectivity index (χ4v) is 4.26. The van der Waals surface area contributed by atoms with Crippen molar-refractivity contribution < 1.29 is 26.8 Å². The summed E-state index contributed by atoms with van der Waals surface area (Å²) in [5, 5.41) is 6.06. The highest BCUT2D eigenvalue weighted by Gasteiger charge is 2.39. The lowest BCUT2D eigenvalue weighted by molar-refractivity contribution is -0.140. The lowest BCUT2D eigenvalue weighted by Gasteiger charge is -2.08. The van der Waals surface area contributed by atoms with Crippen LogP contribution in [-0.4, -0.2) is 31.8 Å². The summed E-state index contributed by atoms with van der Waals surface area (Å²) in [4.78, 5) is 22.8. The molecule has 4 heterocycles. The maximum absolute atomic E-state index is 14.1. The maximum atomic E-state index is 14.1. The van der Waals surface area contributed by atoms with Crippen molar-refractivity contribution in [1.82, 2.24) is 24.7 Å².